The first-order chi connectivity index (χ1) is 13.1. The van der Waals surface area contributed by atoms with Crippen molar-refractivity contribution in [3.63, 3.8) is 0 Å². The van der Waals surface area contributed by atoms with Crippen molar-refractivity contribution < 1.29 is 17.9 Å². The van der Waals surface area contributed by atoms with Gasteiger partial charge in [0.2, 0.25) is 0 Å². The number of nitrogens with one attached hydrogen (secondary N) is 2. The van der Waals surface area contributed by atoms with Gasteiger partial charge in [-0.05, 0) is 56.5 Å². The van der Waals surface area contributed by atoms with Gasteiger partial charge in [0.1, 0.15) is 5.60 Å². The fraction of sp³-hybridized carbons (Fsp3) is 0.286. The Balaban J connectivity index is 1.85. The number of hydrogen-bond donors (Lipinski definition) is 2. The molecule has 1 amide bonds. The van der Waals surface area contributed by atoms with Crippen LogP contribution in [0.25, 0.3) is 6.08 Å². The van der Waals surface area contributed by atoms with E-state index in [1.807, 2.05) is 42.5 Å². The van der Waals surface area contributed by atoms with Gasteiger partial charge in [0, 0.05) is 12.2 Å². The number of alkyl carbamates (subject to hydrolysis) is 1. The van der Waals surface area contributed by atoms with Crippen molar-refractivity contribution in [2.75, 3.05) is 11.3 Å². The Morgan fingerprint density at radius 2 is 1.68 bits per heavy atom. The molecule has 0 saturated heterocycles. The predicted octanol–water partition coefficient (Wildman–Crippen LogP) is 4.17. The van der Waals surface area contributed by atoms with Crippen LogP contribution in [0.5, 0.6) is 0 Å². The van der Waals surface area contributed by atoms with Gasteiger partial charge in [0.15, 0.2) is 0 Å². The number of benzene rings is 2. The second-order valence-electron chi connectivity index (χ2n) is 7.24. The van der Waals surface area contributed by atoms with Crippen LogP contribution in [0.15, 0.2) is 60.0 Å². The fourth-order valence-electron chi connectivity index (χ4n) is 2.29. The highest BCUT2D eigenvalue weighted by atomic mass is 32.2. The van der Waals surface area contributed by atoms with Crippen molar-refractivity contribution in [2.45, 2.75) is 32.8 Å². The lowest BCUT2D eigenvalue weighted by atomic mass is 10.1. The molecule has 2 aromatic rings. The Kier molecular flexibility index (Phi) is 7.23. The van der Waals surface area contributed by atoms with E-state index in [1.165, 1.54) is 0 Å². The smallest absolute Gasteiger partial charge is 0.407 e. The Bertz CT molecular complexity index is 900. The molecule has 0 spiro atoms. The second-order valence-corrected chi connectivity index (χ2v) is 8.80. The van der Waals surface area contributed by atoms with Crippen molar-refractivity contribution in [3.8, 4) is 0 Å². The van der Waals surface area contributed by atoms with E-state index in [0.29, 0.717) is 18.7 Å². The van der Waals surface area contributed by atoms with Crippen LogP contribution in [0.2, 0.25) is 0 Å². The van der Waals surface area contributed by atoms with Gasteiger partial charge < -0.3 is 10.1 Å². The van der Waals surface area contributed by atoms with Crippen LogP contribution < -0.4 is 10.0 Å². The molecule has 0 atom stereocenters. The quantitative estimate of drug-likeness (QED) is 0.728. The van der Waals surface area contributed by atoms with E-state index in [0.717, 1.165) is 16.5 Å². The van der Waals surface area contributed by atoms with E-state index in [2.05, 4.69) is 10.0 Å². The van der Waals surface area contributed by atoms with Gasteiger partial charge in [0.25, 0.3) is 10.0 Å². The van der Waals surface area contributed by atoms with E-state index in [-0.39, 0.29) is 0 Å². The van der Waals surface area contributed by atoms with E-state index in [4.69, 9.17) is 4.74 Å². The van der Waals surface area contributed by atoms with Crippen LogP contribution in [0.3, 0.4) is 0 Å². The Morgan fingerprint density at radius 1 is 1.04 bits per heavy atom. The lowest BCUT2D eigenvalue weighted by molar-refractivity contribution is 0.0528. The molecule has 0 aliphatic rings. The summed E-state index contributed by atoms with van der Waals surface area (Å²) >= 11 is 0. The third-order valence-corrected chi connectivity index (χ3v) is 4.55. The van der Waals surface area contributed by atoms with E-state index < -0.39 is 21.7 Å². The Hall–Kier alpha value is -2.80. The molecule has 6 nitrogen and oxygen atoms in total. The molecule has 7 heteroatoms. The maximum atomic E-state index is 12.2. The monoisotopic (exact) mass is 402 g/mol. The molecule has 2 aromatic carbocycles. The topological polar surface area (TPSA) is 84.5 Å². The molecule has 150 valence electrons. The van der Waals surface area contributed by atoms with Crippen LogP contribution >= 0.6 is 0 Å². The van der Waals surface area contributed by atoms with Gasteiger partial charge in [-0.1, -0.05) is 42.5 Å². The lowest BCUT2D eigenvalue weighted by Crippen LogP contribution is -2.33. The summed E-state index contributed by atoms with van der Waals surface area (Å²) in [5.41, 5.74) is 1.72. The van der Waals surface area contributed by atoms with Gasteiger partial charge in [-0.15, -0.1) is 0 Å². The fourth-order valence-corrected chi connectivity index (χ4v) is 3.16. The van der Waals surface area contributed by atoms with Crippen LogP contribution in [-0.4, -0.2) is 26.7 Å². The first kappa shape index (κ1) is 21.5. The molecular formula is C21H26N2O4S. The van der Waals surface area contributed by atoms with Crippen molar-refractivity contribution in [3.05, 3.63) is 71.1 Å². The summed E-state index contributed by atoms with van der Waals surface area (Å²) in [4.78, 5) is 11.6. The molecule has 0 unspecified atom stereocenters. The number of amides is 1. The number of carbonyl (C=O) groups excluding carboxylic acids is 1. The summed E-state index contributed by atoms with van der Waals surface area (Å²) in [6.07, 6.45) is 1.70. The average molecular weight is 403 g/mol. The highest BCUT2D eigenvalue weighted by Gasteiger charge is 2.15. The van der Waals surface area contributed by atoms with Gasteiger partial charge >= 0.3 is 6.09 Å². The Morgan fingerprint density at radius 3 is 2.29 bits per heavy atom. The largest absolute Gasteiger partial charge is 0.444 e. The number of hydrogen-bond acceptors (Lipinski definition) is 4. The molecule has 0 radical (unpaired) electrons. The molecule has 0 saturated carbocycles. The van der Waals surface area contributed by atoms with Crippen LogP contribution in [0.4, 0.5) is 10.5 Å². The number of carbonyl (C=O) groups is 1. The van der Waals surface area contributed by atoms with E-state index in [1.54, 1.807) is 39.0 Å². The third-order valence-electron chi connectivity index (χ3n) is 3.54. The minimum atomic E-state index is -3.60. The van der Waals surface area contributed by atoms with Crippen molar-refractivity contribution in [1.29, 1.82) is 0 Å². The van der Waals surface area contributed by atoms with Crippen LogP contribution in [0.1, 0.15) is 31.9 Å². The predicted molar refractivity (Wildman–Crippen MR) is 112 cm³/mol. The average Bonchev–Trinajstić information content (AvgIpc) is 2.61. The highest BCUT2D eigenvalue weighted by molar-refractivity contribution is 7.95. The Labute approximate surface area is 166 Å². The molecule has 2 N–H and O–H groups in total. The standard InChI is InChI=1S/C21H26N2O4S/c1-21(2,3)27-20(24)22-15-13-18-9-11-19(12-10-18)23-28(25,26)16-14-17-7-5-4-6-8-17/h4-12,14,16,23H,13,15H2,1-3H3,(H,22,24)/b16-14+. The normalized spacial score (nSPS) is 12.0. The lowest BCUT2D eigenvalue weighted by Gasteiger charge is -2.19. The molecule has 2 rings (SSSR count). The third kappa shape index (κ3) is 8.26. The minimum absolute atomic E-state index is 0.430. The zero-order valence-corrected chi connectivity index (χ0v) is 17.1. The van der Waals surface area contributed by atoms with Crippen molar-refractivity contribution >= 4 is 27.9 Å². The van der Waals surface area contributed by atoms with Crippen LogP contribution in [0, 0.1) is 0 Å². The minimum Gasteiger partial charge on any atom is -0.444 e. The highest BCUT2D eigenvalue weighted by Crippen LogP contribution is 2.13. The summed E-state index contributed by atoms with van der Waals surface area (Å²) in [5.74, 6) is 0. The molecule has 0 aliphatic carbocycles. The summed E-state index contributed by atoms with van der Waals surface area (Å²) in [7, 11) is -3.60. The van der Waals surface area contributed by atoms with Gasteiger partial charge in [-0.3, -0.25) is 4.72 Å². The SMILES string of the molecule is CC(C)(C)OC(=O)NCCc1ccc(NS(=O)(=O)/C=C/c2ccccc2)cc1. The first-order valence-corrected chi connectivity index (χ1v) is 10.5. The number of anilines is 1. The van der Waals surface area contributed by atoms with Gasteiger partial charge in [-0.2, -0.15) is 0 Å². The molecule has 28 heavy (non-hydrogen) atoms. The molecule has 0 aliphatic heterocycles. The second kappa shape index (κ2) is 9.41. The molecule has 0 heterocycles. The number of ether oxygens (including phenoxy) is 1. The maximum Gasteiger partial charge on any atom is 0.407 e. The zero-order valence-electron chi connectivity index (χ0n) is 16.3. The summed E-state index contributed by atoms with van der Waals surface area (Å²) in [5, 5.41) is 3.83. The molecule has 0 bridgehead atoms. The summed E-state index contributed by atoms with van der Waals surface area (Å²) < 4.78 is 32.0. The molecular weight excluding hydrogens is 376 g/mol. The summed E-state index contributed by atoms with van der Waals surface area (Å²) in [6, 6.07) is 16.2. The van der Waals surface area contributed by atoms with E-state index >= 15 is 0 Å². The molecule has 0 aromatic heterocycles. The maximum absolute atomic E-state index is 12.2. The number of rotatable bonds is 7. The zero-order chi connectivity index (χ0) is 20.6. The first-order valence-electron chi connectivity index (χ1n) is 8.95. The number of sulfonamides is 1. The van der Waals surface area contributed by atoms with Gasteiger partial charge in [0.05, 0.1) is 5.41 Å². The van der Waals surface area contributed by atoms with Gasteiger partial charge in [-0.25, -0.2) is 13.2 Å². The van der Waals surface area contributed by atoms with E-state index in [9.17, 15) is 13.2 Å². The summed E-state index contributed by atoms with van der Waals surface area (Å²) in [6.45, 7) is 5.85. The van der Waals surface area contributed by atoms with Crippen molar-refractivity contribution in [1.82, 2.24) is 5.32 Å². The van der Waals surface area contributed by atoms with Crippen LogP contribution in [-0.2, 0) is 21.2 Å². The molecule has 0 fully saturated rings. The van der Waals surface area contributed by atoms with Crippen molar-refractivity contribution in [2.24, 2.45) is 0 Å².